The van der Waals surface area contributed by atoms with E-state index >= 15 is 0 Å². The first-order valence-corrected chi connectivity index (χ1v) is 4.77. The molecular weight excluding hydrogens is 178 g/mol. The van der Waals surface area contributed by atoms with Crippen molar-refractivity contribution in [2.45, 2.75) is 40.2 Å². The summed E-state index contributed by atoms with van der Waals surface area (Å²) >= 11 is 0. The third-order valence-corrected chi connectivity index (χ3v) is 2.32. The average Bonchev–Trinajstić information content (AvgIpc) is 2.13. The summed E-state index contributed by atoms with van der Waals surface area (Å²) in [7, 11) is 1.64. The molecule has 0 bridgehead atoms. The van der Waals surface area contributed by atoms with Crippen molar-refractivity contribution in [3.8, 4) is 0 Å². The monoisotopic (exact) mass is 199 g/mol. The molecule has 0 aromatic rings. The second-order valence-electron chi connectivity index (χ2n) is 4.27. The van der Waals surface area contributed by atoms with Gasteiger partial charge in [-0.3, -0.25) is 4.79 Å². The zero-order valence-electron chi connectivity index (χ0n) is 10.0. The lowest BCUT2D eigenvalue weighted by molar-refractivity contribution is -0.118. The van der Waals surface area contributed by atoms with Crippen molar-refractivity contribution < 1.29 is 9.53 Å². The number of amides is 1. The maximum absolute atomic E-state index is 11.5. The van der Waals surface area contributed by atoms with E-state index < -0.39 is 0 Å². The van der Waals surface area contributed by atoms with Crippen molar-refractivity contribution in [3.05, 3.63) is 11.1 Å². The number of carbonyl (C=O) groups is 1. The first kappa shape index (κ1) is 13.2. The second kappa shape index (κ2) is 5.15. The zero-order chi connectivity index (χ0) is 11.4. The van der Waals surface area contributed by atoms with Crippen LogP contribution in [0.3, 0.4) is 0 Å². The third-order valence-electron chi connectivity index (χ3n) is 2.32. The van der Waals surface area contributed by atoms with Gasteiger partial charge in [0, 0.05) is 19.2 Å². The van der Waals surface area contributed by atoms with Gasteiger partial charge in [-0.15, -0.1) is 0 Å². The first-order chi connectivity index (χ1) is 6.30. The highest BCUT2D eigenvalue weighted by atomic mass is 16.5. The van der Waals surface area contributed by atoms with Crippen LogP contribution < -0.4 is 5.32 Å². The van der Waals surface area contributed by atoms with E-state index in [1.54, 1.807) is 7.11 Å². The van der Waals surface area contributed by atoms with Crippen LogP contribution in [0.2, 0.25) is 0 Å². The second-order valence-corrected chi connectivity index (χ2v) is 4.27. The minimum atomic E-state index is -0.308. The number of methoxy groups -OCH3 is 1. The van der Waals surface area contributed by atoms with Crippen molar-refractivity contribution in [1.82, 2.24) is 5.32 Å². The molecule has 0 saturated heterocycles. The van der Waals surface area contributed by atoms with E-state index in [1.807, 2.05) is 34.6 Å². The van der Waals surface area contributed by atoms with Crippen LogP contribution in [-0.4, -0.2) is 25.2 Å². The molecule has 1 amide bonds. The quantitative estimate of drug-likeness (QED) is 0.702. The minimum Gasteiger partial charge on any atom is -0.377 e. The molecule has 1 N–H and O–H groups in total. The van der Waals surface area contributed by atoms with E-state index in [1.165, 1.54) is 0 Å². The molecule has 0 aromatic heterocycles. The predicted molar refractivity (Wildman–Crippen MR) is 58.1 cm³/mol. The van der Waals surface area contributed by atoms with Crippen LogP contribution in [0.4, 0.5) is 0 Å². The van der Waals surface area contributed by atoms with E-state index in [0.717, 1.165) is 11.1 Å². The van der Waals surface area contributed by atoms with Gasteiger partial charge in [0.15, 0.2) is 0 Å². The Morgan fingerprint density at radius 1 is 1.29 bits per heavy atom. The number of carbonyl (C=O) groups excluding carboxylic acids is 1. The predicted octanol–water partition coefficient (Wildman–Crippen LogP) is 1.88. The Hall–Kier alpha value is -0.830. The van der Waals surface area contributed by atoms with E-state index in [9.17, 15) is 4.79 Å². The number of nitrogens with one attached hydrogen (secondary N) is 1. The summed E-state index contributed by atoms with van der Waals surface area (Å²) in [6.45, 7) is 10.1. The fourth-order valence-electron chi connectivity index (χ4n) is 0.725. The van der Waals surface area contributed by atoms with Crippen LogP contribution in [0.25, 0.3) is 0 Å². The Morgan fingerprint density at radius 3 is 2.14 bits per heavy atom. The van der Waals surface area contributed by atoms with Gasteiger partial charge in [0.1, 0.15) is 0 Å². The van der Waals surface area contributed by atoms with Crippen LogP contribution in [0.1, 0.15) is 34.6 Å². The molecule has 0 rings (SSSR count). The molecule has 3 nitrogen and oxygen atoms in total. The lowest BCUT2D eigenvalue weighted by Crippen LogP contribution is -2.40. The Labute approximate surface area is 86.5 Å². The normalized spacial score (nSPS) is 11.0. The summed E-state index contributed by atoms with van der Waals surface area (Å²) < 4.78 is 5.20. The van der Waals surface area contributed by atoms with Gasteiger partial charge in [0.25, 0.3) is 0 Å². The van der Waals surface area contributed by atoms with Gasteiger partial charge in [0.05, 0.1) is 5.60 Å². The van der Waals surface area contributed by atoms with Gasteiger partial charge in [-0.1, -0.05) is 5.57 Å². The van der Waals surface area contributed by atoms with Crippen molar-refractivity contribution in [2.24, 2.45) is 0 Å². The summed E-state index contributed by atoms with van der Waals surface area (Å²) in [4.78, 5) is 11.5. The number of rotatable bonds is 4. The molecule has 14 heavy (non-hydrogen) atoms. The molecule has 0 fully saturated rings. The molecule has 82 valence electrons. The third kappa shape index (κ3) is 4.42. The Morgan fingerprint density at radius 2 is 1.79 bits per heavy atom. The van der Waals surface area contributed by atoms with Gasteiger partial charge < -0.3 is 10.1 Å². The number of ether oxygens (including phenoxy) is 1. The number of hydrogen-bond donors (Lipinski definition) is 1. The molecule has 3 heteroatoms. The first-order valence-electron chi connectivity index (χ1n) is 4.77. The molecule has 0 atom stereocenters. The van der Waals surface area contributed by atoms with Crippen LogP contribution in [0.15, 0.2) is 11.1 Å². The van der Waals surface area contributed by atoms with E-state index in [0.29, 0.717) is 6.54 Å². The molecule has 0 heterocycles. The Kier molecular flexibility index (Phi) is 4.85. The smallest absolute Gasteiger partial charge is 0.246 e. The fourth-order valence-corrected chi connectivity index (χ4v) is 0.725. The zero-order valence-corrected chi connectivity index (χ0v) is 10.0. The number of hydrogen-bond acceptors (Lipinski definition) is 2. The number of allylic oxidation sites excluding steroid dienone is 1. The molecule has 0 aliphatic rings. The summed E-state index contributed by atoms with van der Waals surface area (Å²) in [6.07, 6.45) is 0. The van der Waals surface area contributed by atoms with Crippen molar-refractivity contribution in [1.29, 1.82) is 0 Å². The summed E-state index contributed by atoms with van der Waals surface area (Å²) in [5.74, 6) is -0.0184. The van der Waals surface area contributed by atoms with Gasteiger partial charge in [0.2, 0.25) is 5.91 Å². The molecule has 0 aromatic carbocycles. The maximum Gasteiger partial charge on any atom is 0.246 e. The van der Waals surface area contributed by atoms with Crippen LogP contribution >= 0.6 is 0 Å². The SMILES string of the molecule is COC(C)(C)CNC(=O)C(C)=C(C)C. The molecule has 0 unspecified atom stereocenters. The highest BCUT2D eigenvalue weighted by Crippen LogP contribution is 2.06. The topological polar surface area (TPSA) is 38.3 Å². The minimum absolute atomic E-state index is 0.0184. The standard InChI is InChI=1S/C11H21NO2/c1-8(2)9(3)10(13)12-7-11(4,5)14-6/h7H2,1-6H3,(H,12,13). The maximum atomic E-state index is 11.5. The lowest BCUT2D eigenvalue weighted by Gasteiger charge is -2.23. The van der Waals surface area contributed by atoms with Gasteiger partial charge in [-0.2, -0.15) is 0 Å². The molecule has 0 spiro atoms. The molecule has 0 saturated carbocycles. The van der Waals surface area contributed by atoms with Crippen LogP contribution in [0.5, 0.6) is 0 Å². The summed E-state index contributed by atoms with van der Waals surface area (Å²) in [5.41, 5.74) is 1.51. The highest BCUT2D eigenvalue weighted by Gasteiger charge is 2.17. The molecule has 0 aliphatic heterocycles. The van der Waals surface area contributed by atoms with Gasteiger partial charge >= 0.3 is 0 Å². The van der Waals surface area contributed by atoms with Crippen molar-refractivity contribution in [3.63, 3.8) is 0 Å². The van der Waals surface area contributed by atoms with E-state index in [4.69, 9.17) is 4.74 Å². The Balaban J connectivity index is 4.18. The summed E-state index contributed by atoms with van der Waals surface area (Å²) in [6, 6.07) is 0. The van der Waals surface area contributed by atoms with E-state index in [-0.39, 0.29) is 11.5 Å². The average molecular weight is 199 g/mol. The lowest BCUT2D eigenvalue weighted by atomic mass is 10.1. The fraction of sp³-hybridized carbons (Fsp3) is 0.727. The van der Waals surface area contributed by atoms with Crippen molar-refractivity contribution in [2.75, 3.05) is 13.7 Å². The van der Waals surface area contributed by atoms with Crippen LogP contribution in [0, 0.1) is 0 Å². The molecular formula is C11H21NO2. The van der Waals surface area contributed by atoms with Crippen molar-refractivity contribution >= 4 is 5.91 Å². The van der Waals surface area contributed by atoms with E-state index in [2.05, 4.69) is 5.32 Å². The Bertz CT molecular complexity index is 238. The molecule has 0 aliphatic carbocycles. The van der Waals surface area contributed by atoms with Gasteiger partial charge in [-0.05, 0) is 34.6 Å². The largest absolute Gasteiger partial charge is 0.377 e. The van der Waals surface area contributed by atoms with Gasteiger partial charge in [-0.25, -0.2) is 0 Å². The molecule has 0 radical (unpaired) electrons. The summed E-state index contributed by atoms with van der Waals surface area (Å²) in [5, 5.41) is 2.83. The van der Waals surface area contributed by atoms with Crippen LogP contribution in [-0.2, 0) is 9.53 Å². The highest BCUT2D eigenvalue weighted by molar-refractivity contribution is 5.93.